The zero-order valence-electron chi connectivity index (χ0n) is 14.2. The molecule has 1 heterocycles. The maximum Gasteiger partial charge on any atom is 0.441 e. The second-order valence-corrected chi connectivity index (χ2v) is 5.98. The molecule has 2 aromatic rings. The van der Waals surface area contributed by atoms with E-state index in [4.69, 9.17) is 11.6 Å². The molecule has 6 nitrogen and oxygen atoms in total. The lowest BCUT2D eigenvalue weighted by Gasteiger charge is -2.34. The highest BCUT2D eigenvalue weighted by atomic mass is 35.5. The quantitative estimate of drug-likeness (QED) is 0.593. The van der Waals surface area contributed by atoms with Crippen molar-refractivity contribution in [3.63, 3.8) is 0 Å². The predicted octanol–water partition coefficient (Wildman–Crippen LogP) is 3.32. The molecule has 0 aliphatic heterocycles. The molecule has 27 heavy (non-hydrogen) atoms. The van der Waals surface area contributed by atoms with Crippen molar-refractivity contribution in [1.82, 2.24) is 10.3 Å². The minimum atomic E-state index is -5.25. The van der Waals surface area contributed by atoms with Crippen LogP contribution in [0.2, 0.25) is 5.02 Å². The highest BCUT2D eigenvalue weighted by Crippen LogP contribution is 2.33. The third kappa shape index (κ3) is 4.48. The van der Waals surface area contributed by atoms with Gasteiger partial charge in [-0.2, -0.15) is 13.2 Å². The molecule has 0 aliphatic rings. The largest absolute Gasteiger partial charge is 0.466 e. The van der Waals surface area contributed by atoms with Crippen molar-refractivity contribution in [2.24, 2.45) is 0 Å². The topological polar surface area (TPSA) is 80.3 Å². The van der Waals surface area contributed by atoms with Crippen LogP contribution in [0, 0.1) is 6.92 Å². The molecule has 2 rings (SSSR count). The van der Waals surface area contributed by atoms with Gasteiger partial charge < -0.3 is 15.4 Å². The molecule has 0 fully saturated rings. The van der Waals surface area contributed by atoms with E-state index in [9.17, 15) is 22.8 Å². The highest BCUT2D eigenvalue weighted by molar-refractivity contribution is 6.31. The van der Waals surface area contributed by atoms with Crippen molar-refractivity contribution in [1.29, 1.82) is 0 Å². The lowest BCUT2D eigenvalue weighted by Crippen LogP contribution is -2.69. The second-order valence-electron chi connectivity index (χ2n) is 5.55. The van der Waals surface area contributed by atoms with Gasteiger partial charge >= 0.3 is 17.8 Å². The zero-order valence-corrected chi connectivity index (χ0v) is 15.0. The Morgan fingerprint density at radius 1 is 1.19 bits per heavy atom. The number of benzene rings is 1. The van der Waals surface area contributed by atoms with Crippen LogP contribution in [0.5, 0.6) is 0 Å². The molecule has 1 atom stereocenters. The number of hydrogen-bond acceptors (Lipinski definition) is 5. The van der Waals surface area contributed by atoms with E-state index in [0.29, 0.717) is 5.56 Å². The first-order valence-electron chi connectivity index (χ1n) is 7.53. The van der Waals surface area contributed by atoms with Gasteiger partial charge in [-0.25, -0.2) is 9.78 Å². The van der Waals surface area contributed by atoms with Gasteiger partial charge in [-0.1, -0.05) is 17.7 Å². The van der Waals surface area contributed by atoms with Crippen LogP contribution >= 0.6 is 11.6 Å². The summed E-state index contributed by atoms with van der Waals surface area (Å²) in [6.07, 6.45) is -3.99. The minimum Gasteiger partial charge on any atom is -0.466 e. The first-order valence-corrected chi connectivity index (χ1v) is 7.91. The van der Waals surface area contributed by atoms with Crippen molar-refractivity contribution in [3.8, 4) is 0 Å². The maximum absolute atomic E-state index is 13.9. The van der Waals surface area contributed by atoms with Crippen LogP contribution in [0.25, 0.3) is 0 Å². The fourth-order valence-electron chi connectivity index (χ4n) is 2.21. The average molecular weight is 402 g/mol. The Balaban J connectivity index is 2.50. The van der Waals surface area contributed by atoms with E-state index in [1.54, 1.807) is 18.3 Å². The molecule has 2 N–H and O–H groups in total. The van der Waals surface area contributed by atoms with Crippen LogP contribution in [0.3, 0.4) is 0 Å². The molecule has 0 aliphatic carbocycles. The molecule has 1 aromatic carbocycles. The van der Waals surface area contributed by atoms with E-state index < -0.39 is 23.7 Å². The molecular weight excluding hydrogens is 387 g/mol. The Labute approximate surface area is 157 Å². The zero-order chi connectivity index (χ0) is 20.2. The molecular formula is C17H15ClF3N3O3. The number of ether oxygens (including phenoxy) is 1. The number of methoxy groups -OCH3 is 1. The number of aromatic nitrogens is 1. The van der Waals surface area contributed by atoms with Gasteiger partial charge in [0.2, 0.25) is 0 Å². The smallest absolute Gasteiger partial charge is 0.441 e. The summed E-state index contributed by atoms with van der Waals surface area (Å²) in [5.41, 5.74) is -3.13. The number of hydrogen-bond donors (Lipinski definition) is 2. The fraction of sp³-hybridized carbons (Fsp3) is 0.235. The molecule has 144 valence electrons. The minimum absolute atomic E-state index is 0.145. The van der Waals surface area contributed by atoms with E-state index >= 15 is 0 Å². The van der Waals surface area contributed by atoms with Gasteiger partial charge in [0.15, 0.2) is 0 Å². The van der Waals surface area contributed by atoms with Gasteiger partial charge in [0.1, 0.15) is 5.82 Å². The number of carbonyl (C=O) groups excluding carboxylic acids is 2. The summed E-state index contributed by atoms with van der Waals surface area (Å²) >= 11 is 5.77. The maximum atomic E-state index is 13.9. The van der Waals surface area contributed by atoms with Crippen LogP contribution < -0.4 is 10.6 Å². The fourth-order valence-corrected chi connectivity index (χ4v) is 2.40. The summed E-state index contributed by atoms with van der Waals surface area (Å²) in [5.74, 6) is -3.21. The average Bonchev–Trinajstić information content (AvgIpc) is 2.59. The number of alkyl halides is 3. The van der Waals surface area contributed by atoms with Crippen molar-refractivity contribution in [2.45, 2.75) is 18.8 Å². The molecule has 0 radical (unpaired) electrons. The van der Waals surface area contributed by atoms with Crippen LogP contribution in [-0.2, 0) is 9.53 Å². The number of carbonyl (C=O) groups is 2. The van der Waals surface area contributed by atoms with E-state index in [1.165, 1.54) is 36.5 Å². The summed E-state index contributed by atoms with van der Waals surface area (Å²) in [4.78, 5) is 28.3. The van der Waals surface area contributed by atoms with E-state index in [2.05, 4.69) is 9.72 Å². The van der Waals surface area contributed by atoms with E-state index in [0.717, 1.165) is 7.11 Å². The van der Waals surface area contributed by atoms with Gasteiger partial charge in [-0.3, -0.25) is 4.79 Å². The molecule has 10 heteroatoms. The number of pyridine rings is 1. The molecule has 1 unspecified atom stereocenters. The van der Waals surface area contributed by atoms with Gasteiger partial charge in [0.05, 0.1) is 7.11 Å². The van der Waals surface area contributed by atoms with Crippen LogP contribution in [0.1, 0.15) is 15.9 Å². The number of esters is 1. The second kappa shape index (κ2) is 7.83. The van der Waals surface area contributed by atoms with Crippen LogP contribution in [0.15, 0.2) is 42.6 Å². The number of nitrogens with one attached hydrogen (secondary N) is 2. The molecule has 1 aromatic heterocycles. The van der Waals surface area contributed by atoms with Gasteiger partial charge in [-0.05, 0) is 42.8 Å². The van der Waals surface area contributed by atoms with Crippen LogP contribution in [0.4, 0.5) is 19.0 Å². The summed E-state index contributed by atoms with van der Waals surface area (Å²) < 4.78 is 46.1. The Hall–Kier alpha value is -2.81. The first-order chi connectivity index (χ1) is 12.6. The van der Waals surface area contributed by atoms with E-state index in [1.807, 2.05) is 5.32 Å². The Morgan fingerprint density at radius 2 is 1.89 bits per heavy atom. The summed E-state index contributed by atoms with van der Waals surface area (Å²) in [6, 6.07) is 8.10. The van der Waals surface area contributed by atoms with Gasteiger partial charge in [0.25, 0.3) is 5.91 Å². The number of rotatable bonds is 5. The van der Waals surface area contributed by atoms with Crippen molar-refractivity contribution >= 4 is 29.3 Å². The van der Waals surface area contributed by atoms with Crippen LogP contribution in [-0.4, -0.2) is 35.8 Å². The third-order valence-electron chi connectivity index (χ3n) is 3.54. The van der Waals surface area contributed by atoms with Crippen molar-refractivity contribution < 1.29 is 27.5 Å². The molecule has 0 bridgehead atoms. The van der Waals surface area contributed by atoms with E-state index in [-0.39, 0.29) is 16.4 Å². The normalized spacial score (nSPS) is 13.4. The molecule has 1 amide bonds. The van der Waals surface area contributed by atoms with Gasteiger partial charge in [0, 0.05) is 16.8 Å². The lowest BCUT2D eigenvalue weighted by atomic mass is 10.1. The number of anilines is 1. The summed E-state index contributed by atoms with van der Waals surface area (Å²) in [5, 5.41) is 3.79. The number of nitrogens with zero attached hydrogens (tertiary/aromatic N) is 1. The van der Waals surface area contributed by atoms with Crippen molar-refractivity contribution in [2.75, 3.05) is 12.4 Å². The molecule has 0 saturated carbocycles. The Morgan fingerprint density at radius 3 is 2.44 bits per heavy atom. The Bertz CT molecular complexity index is 861. The van der Waals surface area contributed by atoms with Gasteiger partial charge in [-0.15, -0.1) is 0 Å². The number of amides is 1. The number of aryl methyl sites for hydroxylation is 1. The molecule has 0 spiro atoms. The standard InChI is InChI=1S/C17H15ClF3N3O3/c1-10-6-7-22-13(8-10)23-16(15(26)27-2,17(19,20)21)24-14(25)11-4-3-5-12(18)9-11/h3-9H,1-2H3,(H,22,23)(H,24,25). The summed E-state index contributed by atoms with van der Waals surface area (Å²) in [6.45, 7) is 1.63. The monoisotopic (exact) mass is 401 g/mol. The SMILES string of the molecule is COC(=O)C(NC(=O)c1cccc(Cl)c1)(Nc1cc(C)ccn1)C(F)(F)F. The van der Waals surface area contributed by atoms with Crippen molar-refractivity contribution in [3.05, 3.63) is 58.7 Å². The lowest BCUT2D eigenvalue weighted by molar-refractivity contribution is -0.203. The predicted molar refractivity (Wildman–Crippen MR) is 92.3 cm³/mol. The first kappa shape index (κ1) is 20.5. The molecule has 0 saturated heterocycles. The highest BCUT2D eigenvalue weighted by Gasteiger charge is 2.63. The Kier molecular flexibility index (Phi) is 5.94. The third-order valence-corrected chi connectivity index (χ3v) is 3.77. The number of halogens is 4. The summed E-state index contributed by atoms with van der Waals surface area (Å²) in [7, 11) is 0.777.